The molecule has 0 aromatic carbocycles. The van der Waals surface area contributed by atoms with Crippen molar-refractivity contribution in [1.29, 1.82) is 0 Å². The molecule has 0 aliphatic carbocycles. The van der Waals surface area contributed by atoms with E-state index in [1.807, 2.05) is 4.90 Å². The zero-order valence-corrected chi connectivity index (χ0v) is 11.1. The Bertz CT molecular complexity index is 460. The van der Waals surface area contributed by atoms with Crippen molar-refractivity contribution >= 4 is 17.6 Å². The van der Waals surface area contributed by atoms with Crippen LogP contribution in [0, 0.1) is 0 Å². The lowest BCUT2D eigenvalue weighted by Gasteiger charge is -2.32. The van der Waals surface area contributed by atoms with Crippen LogP contribution in [0.15, 0.2) is 24.5 Å². The average molecular weight is 278 g/mol. The molecule has 0 saturated carbocycles. The number of aromatic nitrogens is 1. The van der Waals surface area contributed by atoms with Gasteiger partial charge in [0.15, 0.2) is 0 Å². The number of amides is 1. The quantitative estimate of drug-likeness (QED) is 0.688. The maximum Gasteiger partial charge on any atom is 0.321 e. The van der Waals surface area contributed by atoms with Crippen LogP contribution in [0.5, 0.6) is 0 Å². The van der Waals surface area contributed by atoms with E-state index in [2.05, 4.69) is 15.6 Å². The summed E-state index contributed by atoms with van der Waals surface area (Å²) in [6.07, 6.45) is 3.07. The fourth-order valence-corrected chi connectivity index (χ4v) is 2.19. The van der Waals surface area contributed by atoms with Crippen molar-refractivity contribution in [2.24, 2.45) is 0 Å². The topological polar surface area (TPSA) is 94.6 Å². The first kappa shape index (κ1) is 14.4. The molecule has 2 heterocycles. The Morgan fingerprint density at radius 2 is 2.20 bits per heavy atom. The molecule has 20 heavy (non-hydrogen) atoms. The second-order valence-electron chi connectivity index (χ2n) is 4.63. The molecule has 1 fully saturated rings. The molecule has 1 atom stereocenters. The van der Waals surface area contributed by atoms with Crippen molar-refractivity contribution in [2.45, 2.75) is 12.5 Å². The first-order valence-electron chi connectivity index (χ1n) is 6.54. The van der Waals surface area contributed by atoms with E-state index in [0.29, 0.717) is 18.8 Å². The van der Waals surface area contributed by atoms with Crippen LogP contribution in [0.25, 0.3) is 0 Å². The SMILES string of the molecule is O=C(C[C@@H](C(=O)O)N1CCNCC1)Nc1cccnc1. The molecule has 7 heteroatoms. The molecule has 3 N–H and O–H groups in total. The molecule has 0 bridgehead atoms. The van der Waals surface area contributed by atoms with Gasteiger partial charge in [-0.05, 0) is 12.1 Å². The Balaban J connectivity index is 1.93. The number of nitrogens with one attached hydrogen (secondary N) is 2. The minimum absolute atomic E-state index is 0.0653. The molecule has 1 amide bonds. The predicted molar refractivity (Wildman–Crippen MR) is 73.4 cm³/mol. The van der Waals surface area contributed by atoms with Crippen LogP contribution in [-0.4, -0.2) is 59.1 Å². The van der Waals surface area contributed by atoms with E-state index in [1.165, 1.54) is 6.20 Å². The molecule has 1 aromatic heterocycles. The Morgan fingerprint density at radius 1 is 1.45 bits per heavy atom. The van der Waals surface area contributed by atoms with Gasteiger partial charge in [0.1, 0.15) is 6.04 Å². The number of hydrogen-bond donors (Lipinski definition) is 3. The van der Waals surface area contributed by atoms with Crippen molar-refractivity contribution in [1.82, 2.24) is 15.2 Å². The maximum atomic E-state index is 11.9. The fraction of sp³-hybridized carbons (Fsp3) is 0.462. The number of piperazine rings is 1. The number of aliphatic carboxylic acids is 1. The van der Waals surface area contributed by atoms with Gasteiger partial charge in [0.25, 0.3) is 0 Å². The molecule has 7 nitrogen and oxygen atoms in total. The number of carboxylic acids is 1. The summed E-state index contributed by atoms with van der Waals surface area (Å²) in [5, 5.41) is 15.1. The summed E-state index contributed by atoms with van der Waals surface area (Å²) >= 11 is 0. The van der Waals surface area contributed by atoms with Crippen LogP contribution in [0.1, 0.15) is 6.42 Å². The van der Waals surface area contributed by atoms with E-state index in [0.717, 1.165) is 13.1 Å². The Kier molecular flexibility index (Phi) is 5.03. The standard InChI is InChI=1S/C13H18N4O3/c18-12(16-10-2-1-3-15-9-10)8-11(13(19)20)17-6-4-14-5-7-17/h1-3,9,11,14H,4-8H2,(H,16,18)(H,19,20)/t11-/m0/s1. The summed E-state index contributed by atoms with van der Waals surface area (Å²) in [6.45, 7) is 2.76. The molecule has 0 radical (unpaired) electrons. The monoisotopic (exact) mass is 278 g/mol. The smallest absolute Gasteiger partial charge is 0.321 e. The van der Waals surface area contributed by atoms with E-state index in [4.69, 9.17) is 0 Å². The van der Waals surface area contributed by atoms with Gasteiger partial charge in [0.05, 0.1) is 18.3 Å². The number of nitrogens with zero attached hydrogens (tertiary/aromatic N) is 2. The summed E-state index contributed by atoms with van der Waals surface area (Å²) in [5.74, 6) is -1.28. The van der Waals surface area contributed by atoms with Crippen molar-refractivity contribution in [3.8, 4) is 0 Å². The number of rotatable bonds is 5. The van der Waals surface area contributed by atoms with Crippen LogP contribution in [0.2, 0.25) is 0 Å². The summed E-state index contributed by atoms with van der Waals surface area (Å²) in [6, 6.07) is 2.64. The number of anilines is 1. The zero-order chi connectivity index (χ0) is 14.4. The van der Waals surface area contributed by atoms with Crippen molar-refractivity contribution < 1.29 is 14.7 Å². The number of pyridine rings is 1. The van der Waals surface area contributed by atoms with Crippen LogP contribution in [0.3, 0.4) is 0 Å². The first-order valence-corrected chi connectivity index (χ1v) is 6.54. The van der Waals surface area contributed by atoms with Gasteiger partial charge < -0.3 is 15.7 Å². The van der Waals surface area contributed by atoms with Gasteiger partial charge in [-0.2, -0.15) is 0 Å². The minimum atomic E-state index is -0.965. The average Bonchev–Trinajstić information content (AvgIpc) is 2.46. The normalized spacial score (nSPS) is 17.4. The number of hydrogen-bond acceptors (Lipinski definition) is 5. The number of carbonyl (C=O) groups is 2. The van der Waals surface area contributed by atoms with Gasteiger partial charge in [0.2, 0.25) is 5.91 Å². The highest BCUT2D eigenvalue weighted by molar-refractivity contribution is 5.93. The predicted octanol–water partition coefficient (Wildman–Crippen LogP) is -0.231. The molecule has 0 spiro atoms. The van der Waals surface area contributed by atoms with Gasteiger partial charge in [-0.25, -0.2) is 0 Å². The summed E-state index contributed by atoms with van der Waals surface area (Å²) in [5.41, 5.74) is 0.571. The summed E-state index contributed by atoms with van der Waals surface area (Å²) in [7, 11) is 0. The highest BCUT2D eigenvalue weighted by atomic mass is 16.4. The Hall–Kier alpha value is -1.99. The fourth-order valence-electron chi connectivity index (χ4n) is 2.19. The van der Waals surface area contributed by atoms with E-state index in [1.54, 1.807) is 18.3 Å². The lowest BCUT2D eigenvalue weighted by Crippen LogP contribution is -2.52. The molecular formula is C13H18N4O3. The molecule has 1 aromatic rings. The summed E-state index contributed by atoms with van der Waals surface area (Å²) in [4.78, 5) is 29.0. The van der Waals surface area contributed by atoms with Crippen LogP contribution >= 0.6 is 0 Å². The third-order valence-corrected chi connectivity index (χ3v) is 3.20. The van der Waals surface area contributed by atoms with Gasteiger partial charge in [-0.15, -0.1) is 0 Å². The Morgan fingerprint density at radius 3 is 2.80 bits per heavy atom. The summed E-state index contributed by atoms with van der Waals surface area (Å²) < 4.78 is 0. The zero-order valence-electron chi connectivity index (χ0n) is 11.1. The molecule has 1 aliphatic heterocycles. The van der Waals surface area contributed by atoms with E-state index in [9.17, 15) is 14.7 Å². The highest BCUT2D eigenvalue weighted by Crippen LogP contribution is 2.09. The maximum absolute atomic E-state index is 11.9. The van der Waals surface area contributed by atoms with Gasteiger partial charge >= 0.3 is 5.97 Å². The second kappa shape index (κ2) is 6.97. The molecule has 2 rings (SSSR count). The molecule has 1 saturated heterocycles. The third kappa shape index (κ3) is 4.01. The van der Waals surface area contributed by atoms with E-state index >= 15 is 0 Å². The molecule has 0 unspecified atom stereocenters. The Labute approximate surface area is 117 Å². The molecule has 1 aliphatic rings. The van der Waals surface area contributed by atoms with Crippen molar-refractivity contribution in [3.05, 3.63) is 24.5 Å². The second-order valence-corrected chi connectivity index (χ2v) is 4.63. The van der Waals surface area contributed by atoms with Crippen molar-refractivity contribution in [3.63, 3.8) is 0 Å². The van der Waals surface area contributed by atoms with Gasteiger partial charge in [0, 0.05) is 32.4 Å². The van der Waals surface area contributed by atoms with Crippen LogP contribution < -0.4 is 10.6 Å². The van der Waals surface area contributed by atoms with E-state index in [-0.39, 0.29) is 12.3 Å². The molecular weight excluding hydrogens is 260 g/mol. The largest absolute Gasteiger partial charge is 0.480 e. The number of carboxylic acid groups (broad SMARTS) is 1. The van der Waals surface area contributed by atoms with Gasteiger partial charge in [-0.3, -0.25) is 19.5 Å². The van der Waals surface area contributed by atoms with Gasteiger partial charge in [-0.1, -0.05) is 0 Å². The molecule has 108 valence electrons. The highest BCUT2D eigenvalue weighted by Gasteiger charge is 2.28. The first-order chi connectivity index (χ1) is 9.66. The lowest BCUT2D eigenvalue weighted by molar-refractivity contribution is -0.145. The van der Waals surface area contributed by atoms with Crippen LogP contribution in [0.4, 0.5) is 5.69 Å². The van der Waals surface area contributed by atoms with Crippen molar-refractivity contribution in [2.75, 3.05) is 31.5 Å². The number of carbonyl (C=O) groups excluding carboxylic acids is 1. The lowest BCUT2D eigenvalue weighted by atomic mass is 10.1. The minimum Gasteiger partial charge on any atom is -0.480 e. The van der Waals surface area contributed by atoms with Crippen LogP contribution in [-0.2, 0) is 9.59 Å². The van der Waals surface area contributed by atoms with E-state index < -0.39 is 12.0 Å². The third-order valence-electron chi connectivity index (χ3n) is 3.20.